The van der Waals surface area contributed by atoms with Crippen molar-refractivity contribution in [1.29, 1.82) is 5.26 Å². The molecule has 2 aliphatic rings. The van der Waals surface area contributed by atoms with Gasteiger partial charge >= 0.3 is 0 Å². The van der Waals surface area contributed by atoms with E-state index < -0.39 is 0 Å². The summed E-state index contributed by atoms with van der Waals surface area (Å²) in [4.78, 5) is 27.7. The summed E-state index contributed by atoms with van der Waals surface area (Å²) in [5.41, 5.74) is 5.97. The van der Waals surface area contributed by atoms with E-state index in [-0.39, 0.29) is 24.9 Å². The van der Waals surface area contributed by atoms with Crippen LogP contribution in [0, 0.1) is 18.3 Å². The number of anilines is 1. The molecule has 44 heavy (non-hydrogen) atoms. The van der Waals surface area contributed by atoms with E-state index >= 15 is 0 Å². The Morgan fingerprint density at radius 2 is 1.66 bits per heavy atom. The van der Waals surface area contributed by atoms with E-state index in [9.17, 15) is 14.9 Å². The molecule has 0 unspecified atom stereocenters. The van der Waals surface area contributed by atoms with E-state index in [1.54, 1.807) is 29.1 Å². The molecule has 0 atom stereocenters. The number of likely N-dealkylation sites (N-methyl/N-ethyl adjacent to an activating group) is 1. The number of halogens is 1. The summed E-state index contributed by atoms with van der Waals surface area (Å²) < 4.78 is 0. The second-order valence-corrected chi connectivity index (χ2v) is 12.2. The number of nitrogens with zero attached hydrogens (tertiary/aromatic N) is 4. The molecule has 0 spiro atoms. The third-order valence-electron chi connectivity index (χ3n) is 7.87. The van der Waals surface area contributed by atoms with Gasteiger partial charge in [0.25, 0.3) is 5.91 Å². The Morgan fingerprint density at radius 1 is 1.00 bits per heavy atom. The van der Waals surface area contributed by atoms with Crippen molar-refractivity contribution in [3.63, 3.8) is 0 Å². The van der Waals surface area contributed by atoms with Crippen LogP contribution < -0.4 is 15.5 Å². The summed E-state index contributed by atoms with van der Waals surface area (Å²) in [5.74, 6) is 0.553. The highest BCUT2D eigenvalue weighted by Crippen LogP contribution is 2.40. The van der Waals surface area contributed by atoms with Gasteiger partial charge in [-0.2, -0.15) is 5.26 Å². The number of carbonyl (C=O) groups excluding carboxylic acids is 2. The van der Waals surface area contributed by atoms with Crippen LogP contribution in [0.25, 0.3) is 0 Å². The van der Waals surface area contributed by atoms with Crippen LogP contribution in [0.1, 0.15) is 60.4 Å². The predicted molar refractivity (Wildman–Crippen MR) is 176 cm³/mol. The van der Waals surface area contributed by atoms with Gasteiger partial charge in [-0.05, 0) is 72.2 Å². The molecule has 3 aromatic carbocycles. The fraction of sp³-hybridized carbons (Fsp3) is 0.400. The summed E-state index contributed by atoms with van der Waals surface area (Å²) in [7, 11) is 1.77. The molecule has 0 radical (unpaired) electrons. The molecule has 1 aliphatic carbocycles. The van der Waals surface area contributed by atoms with Crippen molar-refractivity contribution in [1.82, 2.24) is 20.7 Å². The van der Waals surface area contributed by atoms with Gasteiger partial charge < -0.3 is 15.5 Å². The van der Waals surface area contributed by atoms with E-state index in [4.69, 9.17) is 11.6 Å². The first-order valence-corrected chi connectivity index (χ1v) is 15.6. The Bertz CT molecular complexity index is 1440. The van der Waals surface area contributed by atoms with Crippen molar-refractivity contribution in [3.8, 4) is 6.07 Å². The van der Waals surface area contributed by atoms with E-state index in [1.807, 2.05) is 42.3 Å². The SMILES string of the molecule is Cc1ccc(C#N)cc1N(CC(=O)NCCNC(C)C)CC(=O)N(C)N1Cc2ccccc2C1.Clc1ccc(C2CC2)cc1. The van der Waals surface area contributed by atoms with Gasteiger partial charge in [0, 0.05) is 50.0 Å². The molecule has 1 fully saturated rings. The van der Waals surface area contributed by atoms with Gasteiger partial charge in [0.05, 0.1) is 24.7 Å². The van der Waals surface area contributed by atoms with Gasteiger partial charge in [0.15, 0.2) is 0 Å². The summed E-state index contributed by atoms with van der Waals surface area (Å²) in [5, 5.41) is 20.0. The van der Waals surface area contributed by atoms with Crippen molar-refractivity contribution in [2.75, 3.05) is 38.1 Å². The summed E-state index contributed by atoms with van der Waals surface area (Å²) in [6.07, 6.45) is 2.73. The summed E-state index contributed by atoms with van der Waals surface area (Å²) in [6, 6.07) is 24.2. The smallest absolute Gasteiger partial charge is 0.256 e. The molecule has 232 valence electrons. The van der Waals surface area contributed by atoms with Crippen LogP contribution in [0.2, 0.25) is 5.02 Å². The third-order valence-corrected chi connectivity index (χ3v) is 8.12. The number of fused-ring (bicyclic) bond motifs is 1. The van der Waals surface area contributed by atoms with Crippen LogP contribution >= 0.6 is 11.6 Å². The highest BCUT2D eigenvalue weighted by Gasteiger charge is 2.27. The number of nitriles is 1. The molecular weight excluding hydrogens is 572 g/mol. The molecule has 8 nitrogen and oxygen atoms in total. The second-order valence-electron chi connectivity index (χ2n) is 11.8. The molecule has 1 saturated carbocycles. The van der Waals surface area contributed by atoms with Gasteiger partial charge in [0.2, 0.25) is 5.91 Å². The number of hydrogen-bond acceptors (Lipinski definition) is 6. The van der Waals surface area contributed by atoms with Gasteiger partial charge in [-0.15, -0.1) is 0 Å². The van der Waals surface area contributed by atoms with Crippen molar-refractivity contribution in [2.45, 2.75) is 58.7 Å². The van der Waals surface area contributed by atoms with Gasteiger partial charge in [0.1, 0.15) is 0 Å². The number of hydrogen-bond donors (Lipinski definition) is 2. The lowest BCUT2D eigenvalue weighted by Crippen LogP contribution is -2.48. The topological polar surface area (TPSA) is 91.7 Å². The van der Waals surface area contributed by atoms with E-state index in [2.05, 4.69) is 54.8 Å². The fourth-order valence-electron chi connectivity index (χ4n) is 5.14. The Morgan fingerprint density at radius 3 is 2.25 bits per heavy atom. The standard InChI is InChI=1S/C26H34N6O2.C9H9Cl/c1-19(2)28-11-12-29-25(33)17-31(24-13-21(14-27)10-9-20(24)3)18-26(34)30(4)32-15-22-7-5-6-8-23(22)16-32;10-9-5-3-8(4-6-9)7-1-2-7/h5-10,13,19,28H,11-12,15-18H2,1-4H3,(H,29,33);3-7H,1-2H2. The van der Waals surface area contributed by atoms with Crippen molar-refractivity contribution >= 4 is 29.1 Å². The Hall–Kier alpha value is -3.90. The normalized spacial score (nSPS) is 13.8. The minimum atomic E-state index is -0.170. The molecule has 2 amide bonds. The van der Waals surface area contributed by atoms with Crippen LogP contribution in [0.15, 0.2) is 66.7 Å². The van der Waals surface area contributed by atoms with E-state index in [0.29, 0.717) is 43.5 Å². The first-order chi connectivity index (χ1) is 21.1. The lowest BCUT2D eigenvalue weighted by Gasteiger charge is -2.32. The highest BCUT2D eigenvalue weighted by molar-refractivity contribution is 6.30. The predicted octanol–water partition coefficient (Wildman–Crippen LogP) is 5.39. The van der Waals surface area contributed by atoms with E-state index in [0.717, 1.165) is 16.5 Å². The molecule has 1 heterocycles. The van der Waals surface area contributed by atoms with Crippen LogP contribution in [0.5, 0.6) is 0 Å². The highest BCUT2D eigenvalue weighted by atomic mass is 35.5. The lowest BCUT2D eigenvalue weighted by atomic mass is 10.1. The Kier molecular flexibility index (Phi) is 11.8. The maximum atomic E-state index is 13.3. The molecule has 1 aliphatic heterocycles. The number of benzene rings is 3. The zero-order valence-corrected chi connectivity index (χ0v) is 26.9. The van der Waals surface area contributed by atoms with E-state index in [1.165, 1.54) is 29.5 Å². The average molecular weight is 615 g/mol. The minimum Gasteiger partial charge on any atom is -0.353 e. The second kappa shape index (κ2) is 15.7. The molecule has 3 aromatic rings. The number of aryl methyl sites for hydroxylation is 1. The van der Waals surface area contributed by atoms with Gasteiger partial charge in [-0.25, -0.2) is 5.01 Å². The molecular formula is C35H43ClN6O2. The molecule has 0 saturated heterocycles. The molecule has 0 aromatic heterocycles. The van der Waals surface area contributed by atoms with Crippen molar-refractivity contribution < 1.29 is 9.59 Å². The van der Waals surface area contributed by atoms with Crippen molar-refractivity contribution in [3.05, 3.63) is 99.6 Å². The molecule has 5 rings (SSSR count). The summed E-state index contributed by atoms with van der Waals surface area (Å²) >= 11 is 5.74. The van der Waals surface area contributed by atoms with Crippen LogP contribution in [0.4, 0.5) is 5.69 Å². The Labute approximate surface area is 266 Å². The van der Waals surface area contributed by atoms with Crippen molar-refractivity contribution in [2.24, 2.45) is 0 Å². The Balaban J connectivity index is 0.000000369. The number of amides is 2. The maximum absolute atomic E-state index is 13.3. The lowest BCUT2D eigenvalue weighted by molar-refractivity contribution is -0.145. The first-order valence-electron chi connectivity index (χ1n) is 15.2. The fourth-order valence-corrected chi connectivity index (χ4v) is 5.27. The number of hydrazine groups is 1. The maximum Gasteiger partial charge on any atom is 0.256 e. The molecule has 9 heteroatoms. The van der Waals surface area contributed by atoms with Gasteiger partial charge in [-0.3, -0.25) is 14.6 Å². The minimum absolute atomic E-state index is 0.0245. The third kappa shape index (κ3) is 9.55. The number of carbonyl (C=O) groups is 2. The first kappa shape index (κ1) is 33.0. The monoisotopic (exact) mass is 614 g/mol. The molecule has 2 N–H and O–H groups in total. The van der Waals surface area contributed by atoms with Crippen LogP contribution in [0.3, 0.4) is 0 Å². The average Bonchev–Trinajstić information content (AvgIpc) is 3.77. The largest absolute Gasteiger partial charge is 0.353 e. The zero-order valence-electron chi connectivity index (χ0n) is 26.1. The zero-order chi connectivity index (χ0) is 31.6. The number of nitrogens with one attached hydrogen (secondary N) is 2. The van der Waals surface area contributed by atoms with Gasteiger partial charge in [-0.1, -0.05) is 67.9 Å². The number of rotatable bonds is 11. The van der Waals surface area contributed by atoms with Crippen LogP contribution in [-0.4, -0.2) is 61.1 Å². The summed E-state index contributed by atoms with van der Waals surface area (Å²) in [6.45, 7) is 8.58. The quantitative estimate of drug-likeness (QED) is 0.281. The molecule has 0 bridgehead atoms. The van der Waals surface area contributed by atoms with Crippen LogP contribution in [-0.2, 0) is 22.7 Å².